The molecule has 2 atom stereocenters. The van der Waals surface area contributed by atoms with Gasteiger partial charge in [-0.1, -0.05) is 18.2 Å². The van der Waals surface area contributed by atoms with E-state index in [1.54, 1.807) is 4.68 Å². The van der Waals surface area contributed by atoms with Crippen LogP contribution < -0.4 is 5.32 Å². The minimum absolute atomic E-state index is 0.0136. The standard InChI is InChI=1S/C18H22N6O/c1-22-9-14(17-7-19-12-23(17)2)16(10-22)20-18(25)11-24-8-13-5-3-4-6-15(13)21-24/h3-8,12,14,16H,9-11H2,1-2H3,(H,20,25)/t14-,16-/m1/s1. The fraction of sp³-hybridized carbons (Fsp3) is 0.389. The molecule has 1 aliphatic rings. The zero-order chi connectivity index (χ0) is 17.4. The minimum atomic E-state index is -0.0136. The number of amides is 1. The van der Waals surface area contributed by atoms with E-state index in [2.05, 4.69) is 27.3 Å². The average Bonchev–Trinajstić information content (AvgIpc) is 3.25. The smallest absolute Gasteiger partial charge is 0.242 e. The number of aryl methyl sites for hydroxylation is 1. The normalized spacial score (nSPS) is 21.0. The third-order valence-corrected chi connectivity index (χ3v) is 4.85. The number of benzene rings is 1. The number of rotatable bonds is 4. The van der Waals surface area contributed by atoms with Crippen LogP contribution in [0.5, 0.6) is 0 Å². The maximum atomic E-state index is 12.5. The number of nitrogens with one attached hydrogen (secondary N) is 1. The van der Waals surface area contributed by atoms with Gasteiger partial charge in [0, 0.05) is 49.5 Å². The van der Waals surface area contributed by atoms with E-state index in [9.17, 15) is 4.79 Å². The van der Waals surface area contributed by atoms with Gasteiger partial charge in [-0.2, -0.15) is 5.10 Å². The Bertz CT molecular complexity index is 865. The van der Waals surface area contributed by atoms with Crippen LogP contribution >= 0.6 is 0 Å². The number of hydrogen-bond donors (Lipinski definition) is 1. The van der Waals surface area contributed by atoms with Crippen molar-refractivity contribution >= 4 is 16.8 Å². The molecule has 1 aliphatic heterocycles. The summed E-state index contributed by atoms with van der Waals surface area (Å²) in [6, 6.07) is 7.96. The number of carbonyl (C=O) groups excluding carboxylic acids is 1. The predicted octanol–water partition coefficient (Wildman–Crippen LogP) is 0.984. The maximum absolute atomic E-state index is 12.5. The van der Waals surface area contributed by atoms with Crippen LogP contribution in [0.2, 0.25) is 0 Å². The summed E-state index contributed by atoms with van der Waals surface area (Å²) in [5, 5.41) is 8.69. The largest absolute Gasteiger partial charge is 0.350 e. The van der Waals surface area contributed by atoms with E-state index < -0.39 is 0 Å². The van der Waals surface area contributed by atoms with Gasteiger partial charge in [0.1, 0.15) is 6.54 Å². The first-order chi connectivity index (χ1) is 12.1. The molecular weight excluding hydrogens is 316 g/mol. The molecule has 0 aliphatic carbocycles. The lowest BCUT2D eigenvalue weighted by molar-refractivity contribution is -0.122. The third kappa shape index (κ3) is 3.15. The molecule has 1 saturated heterocycles. The first kappa shape index (κ1) is 15.8. The van der Waals surface area contributed by atoms with Crippen LogP contribution in [0.3, 0.4) is 0 Å². The molecule has 0 bridgehead atoms. The SMILES string of the molecule is CN1C[C@@H](NC(=O)Cn2cc3ccccc3n2)[C@H](c2cncn2C)C1. The Morgan fingerprint density at radius 1 is 1.28 bits per heavy atom. The second-order valence-corrected chi connectivity index (χ2v) is 6.82. The Hall–Kier alpha value is -2.67. The van der Waals surface area contributed by atoms with Gasteiger partial charge in [0.05, 0.1) is 17.9 Å². The molecule has 1 fully saturated rings. The van der Waals surface area contributed by atoms with Crippen molar-refractivity contribution in [3.05, 3.63) is 48.7 Å². The summed E-state index contributed by atoms with van der Waals surface area (Å²) in [5.74, 6) is 0.235. The number of nitrogens with zero attached hydrogens (tertiary/aromatic N) is 5. The third-order valence-electron chi connectivity index (χ3n) is 4.85. The quantitative estimate of drug-likeness (QED) is 0.770. The van der Waals surface area contributed by atoms with Gasteiger partial charge in [0.25, 0.3) is 0 Å². The van der Waals surface area contributed by atoms with Crippen molar-refractivity contribution in [2.24, 2.45) is 7.05 Å². The van der Waals surface area contributed by atoms with Gasteiger partial charge >= 0.3 is 0 Å². The molecule has 7 heteroatoms. The average molecular weight is 338 g/mol. The van der Waals surface area contributed by atoms with Crippen molar-refractivity contribution in [1.82, 2.24) is 29.5 Å². The molecule has 2 aromatic heterocycles. The summed E-state index contributed by atoms with van der Waals surface area (Å²) in [6.07, 6.45) is 5.61. The predicted molar refractivity (Wildman–Crippen MR) is 95.1 cm³/mol. The van der Waals surface area contributed by atoms with E-state index in [4.69, 9.17) is 0 Å². The molecule has 0 spiro atoms. The van der Waals surface area contributed by atoms with Crippen LogP contribution in [0.25, 0.3) is 10.9 Å². The van der Waals surface area contributed by atoms with Crippen LogP contribution in [0, 0.1) is 0 Å². The van der Waals surface area contributed by atoms with Crippen LogP contribution in [0.15, 0.2) is 43.0 Å². The second-order valence-electron chi connectivity index (χ2n) is 6.82. The minimum Gasteiger partial charge on any atom is -0.350 e. The number of fused-ring (bicyclic) bond motifs is 1. The summed E-state index contributed by atoms with van der Waals surface area (Å²) in [6.45, 7) is 1.98. The van der Waals surface area contributed by atoms with Crippen LogP contribution in [0.4, 0.5) is 0 Å². The summed E-state index contributed by atoms with van der Waals surface area (Å²) in [4.78, 5) is 19.0. The molecule has 1 amide bonds. The lowest BCUT2D eigenvalue weighted by Crippen LogP contribution is -2.41. The highest BCUT2D eigenvalue weighted by molar-refractivity contribution is 5.80. The van der Waals surface area contributed by atoms with Crippen molar-refractivity contribution in [3.63, 3.8) is 0 Å². The van der Waals surface area contributed by atoms with E-state index in [1.165, 1.54) is 0 Å². The Labute approximate surface area is 146 Å². The highest BCUT2D eigenvalue weighted by Crippen LogP contribution is 2.26. The van der Waals surface area contributed by atoms with Gasteiger partial charge in [-0.05, 0) is 13.1 Å². The topological polar surface area (TPSA) is 68.0 Å². The van der Waals surface area contributed by atoms with Gasteiger partial charge in [-0.15, -0.1) is 0 Å². The van der Waals surface area contributed by atoms with E-state index in [0.717, 1.165) is 29.7 Å². The molecule has 25 heavy (non-hydrogen) atoms. The zero-order valence-electron chi connectivity index (χ0n) is 14.5. The van der Waals surface area contributed by atoms with E-state index in [0.29, 0.717) is 0 Å². The van der Waals surface area contributed by atoms with Gasteiger partial charge in [-0.3, -0.25) is 9.48 Å². The van der Waals surface area contributed by atoms with Crippen molar-refractivity contribution < 1.29 is 4.79 Å². The monoisotopic (exact) mass is 338 g/mol. The first-order valence-corrected chi connectivity index (χ1v) is 8.46. The van der Waals surface area contributed by atoms with Crippen LogP contribution in [-0.2, 0) is 18.4 Å². The van der Waals surface area contributed by atoms with Crippen molar-refractivity contribution in [3.8, 4) is 0 Å². The Morgan fingerprint density at radius 3 is 2.88 bits per heavy atom. The maximum Gasteiger partial charge on any atom is 0.242 e. The molecule has 4 rings (SSSR count). The molecular formula is C18H22N6O. The van der Waals surface area contributed by atoms with E-state index >= 15 is 0 Å². The molecule has 3 aromatic rings. The molecule has 3 heterocycles. The van der Waals surface area contributed by atoms with E-state index in [-0.39, 0.29) is 24.4 Å². The lowest BCUT2D eigenvalue weighted by Gasteiger charge is -2.20. The number of likely N-dealkylation sites (N-methyl/N-ethyl adjacent to an activating group) is 1. The van der Waals surface area contributed by atoms with Crippen molar-refractivity contribution in [1.29, 1.82) is 0 Å². The van der Waals surface area contributed by atoms with Crippen LogP contribution in [-0.4, -0.2) is 56.3 Å². The number of carbonyl (C=O) groups is 1. The molecule has 130 valence electrons. The van der Waals surface area contributed by atoms with Crippen LogP contribution in [0.1, 0.15) is 11.6 Å². The summed E-state index contributed by atoms with van der Waals surface area (Å²) >= 11 is 0. The van der Waals surface area contributed by atoms with Gasteiger partial charge in [0.15, 0.2) is 0 Å². The summed E-state index contributed by atoms with van der Waals surface area (Å²) < 4.78 is 3.74. The Kier molecular flexibility index (Phi) is 4.01. The summed E-state index contributed by atoms with van der Waals surface area (Å²) in [5.41, 5.74) is 2.06. The Balaban J connectivity index is 1.46. The molecule has 7 nitrogen and oxygen atoms in total. The zero-order valence-corrected chi connectivity index (χ0v) is 14.5. The molecule has 1 N–H and O–H groups in total. The van der Waals surface area contributed by atoms with E-state index in [1.807, 2.05) is 54.6 Å². The molecule has 0 unspecified atom stereocenters. The molecule has 0 saturated carbocycles. The lowest BCUT2D eigenvalue weighted by atomic mass is 10.00. The molecule has 1 aromatic carbocycles. The highest BCUT2D eigenvalue weighted by Gasteiger charge is 2.34. The number of aromatic nitrogens is 4. The Morgan fingerprint density at radius 2 is 2.12 bits per heavy atom. The number of imidazole rings is 1. The number of hydrogen-bond acceptors (Lipinski definition) is 4. The first-order valence-electron chi connectivity index (χ1n) is 8.46. The molecule has 0 radical (unpaired) electrons. The summed E-state index contributed by atoms with van der Waals surface area (Å²) in [7, 11) is 4.07. The van der Waals surface area contributed by atoms with Gasteiger partial charge in [0.2, 0.25) is 5.91 Å². The van der Waals surface area contributed by atoms with Crippen molar-refractivity contribution in [2.45, 2.75) is 18.5 Å². The second kappa shape index (κ2) is 6.33. The fourth-order valence-corrected chi connectivity index (χ4v) is 3.67. The van der Waals surface area contributed by atoms with Gasteiger partial charge < -0.3 is 14.8 Å². The fourth-order valence-electron chi connectivity index (χ4n) is 3.67. The van der Waals surface area contributed by atoms with Crippen molar-refractivity contribution in [2.75, 3.05) is 20.1 Å². The number of likely N-dealkylation sites (tertiary alicyclic amines) is 1. The highest BCUT2D eigenvalue weighted by atomic mass is 16.2. The van der Waals surface area contributed by atoms with Gasteiger partial charge in [-0.25, -0.2) is 4.98 Å².